The van der Waals surface area contributed by atoms with Gasteiger partial charge in [-0.3, -0.25) is 0 Å². The monoisotopic (exact) mass is 249 g/mol. The predicted molar refractivity (Wildman–Crippen MR) is 76.4 cm³/mol. The van der Waals surface area contributed by atoms with Gasteiger partial charge in [-0.25, -0.2) is 0 Å². The lowest BCUT2D eigenvalue weighted by Gasteiger charge is -2.08. The number of benzene rings is 2. The molecule has 0 fully saturated rings. The van der Waals surface area contributed by atoms with Crippen molar-refractivity contribution in [2.45, 2.75) is 6.42 Å². The molecule has 2 nitrogen and oxygen atoms in total. The van der Waals surface area contributed by atoms with Crippen LogP contribution in [0.2, 0.25) is 0 Å². The van der Waals surface area contributed by atoms with Crippen molar-refractivity contribution >= 4 is 5.57 Å². The molecule has 0 aliphatic carbocycles. The fraction of sp³-hybridized carbons (Fsp3) is 0.118. The smallest absolute Gasteiger partial charge is 0.0669 e. The summed E-state index contributed by atoms with van der Waals surface area (Å²) in [4.78, 5) is 0. The molecule has 2 aromatic rings. The highest BCUT2D eigenvalue weighted by atomic mass is 16.2. The van der Waals surface area contributed by atoms with Gasteiger partial charge in [0.05, 0.1) is 19.1 Å². The first-order valence-electron chi connectivity index (χ1n) is 6.18. The molecule has 2 aromatic carbocycles. The molecule has 0 heterocycles. The normalized spacial score (nSPS) is 11.1. The summed E-state index contributed by atoms with van der Waals surface area (Å²) in [6, 6.07) is 20.0. The largest absolute Gasteiger partial charge is 0.392 e. The van der Waals surface area contributed by atoms with E-state index in [1.807, 2.05) is 54.6 Å². The minimum absolute atomic E-state index is 0.00414. The van der Waals surface area contributed by atoms with E-state index in [-0.39, 0.29) is 6.61 Å². The Hall–Kier alpha value is -2.37. The highest BCUT2D eigenvalue weighted by molar-refractivity contribution is 5.79. The fourth-order valence-corrected chi connectivity index (χ4v) is 2.00. The second-order valence-corrected chi connectivity index (χ2v) is 4.20. The fourth-order valence-electron chi connectivity index (χ4n) is 2.00. The molecule has 0 aliphatic heterocycles. The third kappa shape index (κ3) is 3.31. The highest BCUT2D eigenvalue weighted by Crippen LogP contribution is 2.23. The van der Waals surface area contributed by atoms with Crippen molar-refractivity contribution in [3.05, 3.63) is 77.4 Å². The van der Waals surface area contributed by atoms with Crippen molar-refractivity contribution in [3.63, 3.8) is 0 Å². The second kappa shape index (κ2) is 6.53. The number of rotatable bonds is 4. The lowest BCUT2D eigenvalue weighted by molar-refractivity contribution is 0.343. The van der Waals surface area contributed by atoms with Crippen LogP contribution in [0, 0.1) is 11.3 Å². The molecule has 19 heavy (non-hydrogen) atoms. The van der Waals surface area contributed by atoms with Crippen molar-refractivity contribution in [2.75, 3.05) is 6.61 Å². The van der Waals surface area contributed by atoms with Gasteiger partial charge in [0.15, 0.2) is 0 Å². The molecule has 0 spiro atoms. The number of hydrogen-bond donors (Lipinski definition) is 1. The molecule has 0 saturated carbocycles. The Kier molecular flexibility index (Phi) is 4.49. The van der Waals surface area contributed by atoms with Crippen molar-refractivity contribution in [2.24, 2.45) is 0 Å². The molecule has 0 radical (unpaired) electrons. The Morgan fingerprint density at radius 3 is 2.21 bits per heavy atom. The van der Waals surface area contributed by atoms with Crippen LogP contribution in [0.1, 0.15) is 16.7 Å². The van der Waals surface area contributed by atoms with Gasteiger partial charge >= 0.3 is 0 Å². The minimum atomic E-state index is 0.00414. The average Bonchev–Trinajstić information content (AvgIpc) is 2.47. The van der Waals surface area contributed by atoms with Gasteiger partial charge in [-0.05, 0) is 22.3 Å². The minimum Gasteiger partial charge on any atom is -0.392 e. The van der Waals surface area contributed by atoms with Gasteiger partial charge < -0.3 is 5.11 Å². The first-order valence-corrected chi connectivity index (χ1v) is 6.18. The van der Waals surface area contributed by atoms with Crippen LogP contribution in [-0.4, -0.2) is 11.7 Å². The van der Waals surface area contributed by atoms with Crippen LogP contribution < -0.4 is 0 Å². The first-order chi connectivity index (χ1) is 9.35. The molecular weight excluding hydrogens is 234 g/mol. The van der Waals surface area contributed by atoms with Crippen LogP contribution in [-0.2, 0) is 6.42 Å². The molecule has 0 bridgehead atoms. The summed E-state index contributed by atoms with van der Waals surface area (Å²) in [5.41, 5.74) is 4.13. The molecule has 2 heteroatoms. The van der Waals surface area contributed by atoms with Gasteiger partial charge in [0.1, 0.15) is 0 Å². The van der Waals surface area contributed by atoms with Crippen LogP contribution in [0.4, 0.5) is 0 Å². The number of aliphatic hydroxyl groups excluding tert-OH is 1. The van der Waals surface area contributed by atoms with E-state index in [2.05, 4.69) is 6.07 Å². The van der Waals surface area contributed by atoms with E-state index < -0.39 is 0 Å². The Labute approximate surface area is 113 Å². The molecule has 0 aromatic heterocycles. The zero-order chi connectivity index (χ0) is 13.5. The second-order valence-electron chi connectivity index (χ2n) is 4.20. The zero-order valence-electron chi connectivity index (χ0n) is 10.6. The Morgan fingerprint density at radius 2 is 1.63 bits per heavy atom. The molecule has 0 atom stereocenters. The summed E-state index contributed by atoms with van der Waals surface area (Å²) in [7, 11) is 0. The lowest BCUT2D eigenvalue weighted by Crippen LogP contribution is -1.91. The summed E-state index contributed by atoms with van der Waals surface area (Å²) < 4.78 is 0. The summed E-state index contributed by atoms with van der Waals surface area (Å²) in [6.45, 7) is 0.00414. The molecular formula is C17H15NO. The Morgan fingerprint density at radius 1 is 1.00 bits per heavy atom. The van der Waals surface area contributed by atoms with Crippen LogP contribution in [0.25, 0.3) is 5.57 Å². The number of nitrogens with zero attached hydrogens (tertiary/aromatic N) is 1. The van der Waals surface area contributed by atoms with E-state index in [0.717, 1.165) is 22.3 Å². The maximum Gasteiger partial charge on any atom is 0.0669 e. The van der Waals surface area contributed by atoms with E-state index >= 15 is 0 Å². The van der Waals surface area contributed by atoms with Crippen LogP contribution in [0.3, 0.4) is 0 Å². The van der Waals surface area contributed by atoms with E-state index in [9.17, 15) is 5.11 Å². The topological polar surface area (TPSA) is 44.0 Å². The molecule has 94 valence electrons. The van der Waals surface area contributed by atoms with E-state index in [1.54, 1.807) is 6.08 Å². The van der Waals surface area contributed by atoms with Gasteiger partial charge in [0, 0.05) is 0 Å². The summed E-state index contributed by atoms with van der Waals surface area (Å²) in [5, 5.41) is 17.8. The van der Waals surface area contributed by atoms with Crippen molar-refractivity contribution in [1.82, 2.24) is 0 Å². The van der Waals surface area contributed by atoms with Crippen LogP contribution in [0.15, 0.2) is 60.7 Å². The molecule has 2 rings (SSSR count). The zero-order valence-corrected chi connectivity index (χ0v) is 10.6. The molecule has 0 aliphatic rings. The van der Waals surface area contributed by atoms with E-state index in [0.29, 0.717) is 6.42 Å². The van der Waals surface area contributed by atoms with Gasteiger partial charge in [-0.15, -0.1) is 0 Å². The third-order valence-corrected chi connectivity index (χ3v) is 2.93. The van der Waals surface area contributed by atoms with E-state index in [1.165, 1.54) is 0 Å². The summed E-state index contributed by atoms with van der Waals surface area (Å²) in [5.74, 6) is 0. The van der Waals surface area contributed by atoms with Crippen LogP contribution in [0.5, 0.6) is 0 Å². The van der Waals surface area contributed by atoms with Gasteiger partial charge in [-0.2, -0.15) is 5.26 Å². The van der Waals surface area contributed by atoms with Gasteiger partial charge in [-0.1, -0.05) is 60.7 Å². The summed E-state index contributed by atoms with van der Waals surface area (Å²) >= 11 is 0. The highest BCUT2D eigenvalue weighted by Gasteiger charge is 2.04. The quantitative estimate of drug-likeness (QED) is 0.904. The summed E-state index contributed by atoms with van der Waals surface area (Å²) in [6.07, 6.45) is 2.22. The average molecular weight is 249 g/mol. The van der Waals surface area contributed by atoms with Crippen LogP contribution >= 0.6 is 0 Å². The van der Waals surface area contributed by atoms with Crippen molar-refractivity contribution in [1.29, 1.82) is 5.26 Å². The predicted octanol–water partition coefficient (Wildman–Crippen LogP) is 3.18. The first kappa shape index (κ1) is 13.1. The molecule has 1 N–H and O–H groups in total. The molecule has 0 amide bonds. The number of nitriles is 1. The van der Waals surface area contributed by atoms with Crippen molar-refractivity contribution < 1.29 is 5.11 Å². The van der Waals surface area contributed by atoms with Gasteiger partial charge in [0.25, 0.3) is 0 Å². The van der Waals surface area contributed by atoms with Gasteiger partial charge in [0.2, 0.25) is 0 Å². The lowest BCUT2D eigenvalue weighted by atomic mass is 9.96. The Balaban J connectivity index is 2.36. The van der Waals surface area contributed by atoms with E-state index in [4.69, 9.17) is 5.26 Å². The standard InChI is InChI=1S/C17H15NO/c18-12-10-14-6-8-16(9-7-14)17(11-13-19)15-4-2-1-3-5-15/h1-9,11,19H,10,13H2/b17-11-. The number of aliphatic hydroxyl groups is 1. The SMILES string of the molecule is N#CCc1ccc(/C(=C\CO)c2ccccc2)cc1. The molecule has 0 unspecified atom stereocenters. The molecule has 0 saturated heterocycles. The third-order valence-electron chi connectivity index (χ3n) is 2.93. The number of hydrogen-bond acceptors (Lipinski definition) is 2. The maximum absolute atomic E-state index is 9.18. The maximum atomic E-state index is 9.18. The van der Waals surface area contributed by atoms with Crippen molar-refractivity contribution in [3.8, 4) is 6.07 Å². The Bertz CT molecular complexity index is 591.